The van der Waals surface area contributed by atoms with Crippen molar-refractivity contribution >= 4 is 11.8 Å². The third kappa shape index (κ3) is 3.34. The normalized spacial score (nSPS) is 18.2. The zero-order valence-electron chi connectivity index (χ0n) is 17.5. The van der Waals surface area contributed by atoms with Crippen LogP contribution in [0.25, 0.3) is 0 Å². The van der Waals surface area contributed by atoms with Gasteiger partial charge in [0.25, 0.3) is 0 Å². The molecule has 1 spiro atoms. The number of hydrogen-bond donors (Lipinski definition) is 1. The molecule has 156 valence electrons. The summed E-state index contributed by atoms with van der Waals surface area (Å²) in [6.07, 6.45) is 5.58. The summed E-state index contributed by atoms with van der Waals surface area (Å²) >= 11 is 0. The molecular formula is C21H29N5O3. The van der Waals surface area contributed by atoms with Crippen LogP contribution in [0.4, 0.5) is 0 Å². The van der Waals surface area contributed by atoms with Crippen molar-refractivity contribution in [1.29, 1.82) is 0 Å². The summed E-state index contributed by atoms with van der Waals surface area (Å²) in [4.78, 5) is 37.3. The van der Waals surface area contributed by atoms with Crippen LogP contribution in [0.5, 0.6) is 0 Å². The van der Waals surface area contributed by atoms with Crippen LogP contribution in [-0.2, 0) is 28.0 Å². The number of fused-ring (bicyclic) bond motifs is 2. The minimum absolute atomic E-state index is 0.145. The van der Waals surface area contributed by atoms with Gasteiger partial charge in [0.2, 0.25) is 11.8 Å². The lowest BCUT2D eigenvalue weighted by Crippen LogP contribution is -2.58. The molecule has 0 aromatic carbocycles. The number of imidazole rings is 1. The highest BCUT2D eigenvalue weighted by atomic mass is 16.5. The highest BCUT2D eigenvalue weighted by Gasteiger charge is 2.48. The van der Waals surface area contributed by atoms with E-state index in [1.165, 1.54) is 0 Å². The van der Waals surface area contributed by atoms with Crippen LogP contribution in [-0.4, -0.2) is 56.4 Å². The van der Waals surface area contributed by atoms with Crippen LogP contribution >= 0.6 is 0 Å². The molecule has 0 aliphatic carbocycles. The summed E-state index contributed by atoms with van der Waals surface area (Å²) in [6, 6.07) is 0. The third-order valence-corrected chi connectivity index (χ3v) is 6.58. The second kappa shape index (κ2) is 7.65. The SMILES string of the molecule is CCC(=O)N1CCc2[nH]cnc2C12CCN(C(=O)CCc1c(C)noc1C)CC2. The second-order valence-electron chi connectivity index (χ2n) is 8.09. The minimum atomic E-state index is -0.390. The summed E-state index contributed by atoms with van der Waals surface area (Å²) < 4.78 is 5.20. The van der Waals surface area contributed by atoms with Crippen LogP contribution in [0.3, 0.4) is 0 Å². The fourth-order valence-corrected chi connectivity index (χ4v) is 4.91. The number of amides is 2. The third-order valence-electron chi connectivity index (χ3n) is 6.58. The van der Waals surface area contributed by atoms with Gasteiger partial charge in [-0.1, -0.05) is 12.1 Å². The maximum Gasteiger partial charge on any atom is 0.223 e. The van der Waals surface area contributed by atoms with Crippen LogP contribution in [0.2, 0.25) is 0 Å². The van der Waals surface area contributed by atoms with Crippen molar-refractivity contribution < 1.29 is 14.1 Å². The molecule has 0 unspecified atom stereocenters. The monoisotopic (exact) mass is 399 g/mol. The van der Waals surface area contributed by atoms with E-state index in [-0.39, 0.29) is 17.4 Å². The number of piperidine rings is 1. The van der Waals surface area contributed by atoms with Crippen LogP contribution in [0.15, 0.2) is 10.9 Å². The number of aromatic nitrogens is 3. The van der Waals surface area contributed by atoms with Gasteiger partial charge in [-0.2, -0.15) is 0 Å². The van der Waals surface area contributed by atoms with E-state index >= 15 is 0 Å². The maximum atomic E-state index is 12.8. The van der Waals surface area contributed by atoms with Crippen molar-refractivity contribution in [2.24, 2.45) is 0 Å². The number of nitrogens with zero attached hydrogens (tertiary/aromatic N) is 4. The van der Waals surface area contributed by atoms with Gasteiger partial charge in [0.05, 0.1) is 23.3 Å². The Kier molecular flexibility index (Phi) is 5.19. The quantitative estimate of drug-likeness (QED) is 0.851. The number of nitrogens with one attached hydrogen (secondary N) is 1. The first kappa shape index (κ1) is 19.7. The lowest BCUT2D eigenvalue weighted by Gasteiger charge is -2.50. The smallest absolute Gasteiger partial charge is 0.223 e. The number of carbonyl (C=O) groups is 2. The Labute approximate surface area is 170 Å². The standard InChI is InChI=1S/C21H29N5O3/c1-4-18(27)26-10-7-17-20(23-13-22-17)21(26)8-11-25(12-9-21)19(28)6-5-16-14(2)24-29-15(16)3/h13H,4-12H2,1-3H3,(H,22,23). The fourth-order valence-electron chi connectivity index (χ4n) is 4.91. The van der Waals surface area contributed by atoms with Gasteiger partial charge in [0.1, 0.15) is 5.76 Å². The molecule has 29 heavy (non-hydrogen) atoms. The van der Waals surface area contributed by atoms with Crippen LogP contribution in [0.1, 0.15) is 61.0 Å². The first-order valence-electron chi connectivity index (χ1n) is 10.5. The number of likely N-dealkylation sites (tertiary alicyclic amines) is 1. The Morgan fingerprint density at radius 1 is 1.21 bits per heavy atom. The molecule has 0 saturated carbocycles. The van der Waals surface area contributed by atoms with E-state index in [0.29, 0.717) is 38.9 Å². The first-order chi connectivity index (χ1) is 14.0. The van der Waals surface area contributed by atoms with Crippen molar-refractivity contribution in [3.8, 4) is 0 Å². The van der Waals surface area contributed by atoms with Gasteiger partial charge >= 0.3 is 0 Å². The predicted octanol–water partition coefficient (Wildman–Crippen LogP) is 2.26. The zero-order valence-corrected chi connectivity index (χ0v) is 17.5. The number of aromatic amines is 1. The Morgan fingerprint density at radius 3 is 2.62 bits per heavy atom. The fraction of sp³-hybridized carbons (Fsp3) is 0.619. The number of H-pyrrole nitrogens is 1. The Bertz CT molecular complexity index is 888. The average molecular weight is 399 g/mol. The lowest BCUT2D eigenvalue weighted by molar-refractivity contribution is -0.144. The summed E-state index contributed by atoms with van der Waals surface area (Å²) in [6.45, 7) is 7.69. The molecule has 0 bridgehead atoms. The Balaban J connectivity index is 1.46. The van der Waals surface area contributed by atoms with E-state index in [0.717, 1.165) is 47.7 Å². The number of aryl methyl sites for hydroxylation is 2. The van der Waals surface area contributed by atoms with E-state index in [2.05, 4.69) is 15.1 Å². The molecule has 2 aliphatic rings. The maximum absolute atomic E-state index is 12.8. The summed E-state index contributed by atoms with van der Waals surface area (Å²) in [5.41, 5.74) is 3.62. The van der Waals surface area contributed by atoms with Crippen molar-refractivity contribution in [2.45, 2.75) is 64.8 Å². The largest absolute Gasteiger partial charge is 0.361 e. The van der Waals surface area contributed by atoms with Crippen LogP contribution in [0, 0.1) is 13.8 Å². The molecular weight excluding hydrogens is 370 g/mol. The van der Waals surface area contributed by atoms with Gasteiger partial charge in [-0.15, -0.1) is 0 Å². The van der Waals surface area contributed by atoms with Gasteiger partial charge in [0, 0.05) is 50.2 Å². The van der Waals surface area contributed by atoms with Crippen molar-refractivity contribution in [2.75, 3.05) is 19.6 Å². The number of carbonyl (C=O) groups excluding carboxylic acids is 2. The Hall–Kier alpha value is -2.64. The molecule has 2 aromatic heterocycles. The van der Waals surface area contributed by atoms with E-state index in [4.69, 9.17) is 4.52 Å². The van der Waals surface area contributed by atoms with Crippen LogP contribution < -0.4 is 0 Å². The summed E-state index contributed by atoms with van der Waals surface area (Å²) in [7, 11) is 0. The molecule has 1 N–H and O–H groups in total. The number of hydrogen-bond acceptors (Lipinski definition) is 5. The first-order valence-corrected chi connectivity index (χ1v) is 10.5. The Morgan fingerprint density at radius 2 is 1.97 bits per heavy atom. The highest BCUT2D eigenvalue weighted by molar-refractivity contribution is 5.78. The molecule has 0 radical (unpaired) electrons. The van der Waals surface area contributed by atoms with E-state index < -0.39 is 0 Å². The average Bonchev–Trinajstić information content (AvgIpc) is 3.34. The van der Waals surface area contributed by atoms with E-state index in [1.54, 1.807) is 6.33 Å². The van der Waals surface area contributed by atoms with E-state index in [9.17, 15) is 9.59 Å². The molecule has 1 fully saturated rings. The van der Waals surface area contributed by atoms with Crippen molar-refractivity contribution in [3.63, 3.8) is 0 Å². The zero-order chi connectivity index (χ0) is 20.6. The number of rotatable bonds is 4. The van der Waals surface area contributed by atoms with Gasteiger partial charge in [-0.3, -0.25) is 9.59 Å². The van der Waals surface area contributed by atoms with Gasteiger partial charge in [-0.25, -0.2) is 4.98 Å². The minimum Gasteiger partial charge on any atom is -0.361 e. The molecule has 0 atom stereocenters. The van der Waals surface area contributed by atoms with Crippen molar-refractivity contribution in [3.05, 3.63) is 34.7 Å². The van der Waals surface area contributed by atoms with Gasteiger partial charge < -0.3 is 19.3 Å². The van der Waals surface area contributed by atoms with Crippen molar-refractivity contribution in [1.82, 2.24) is 24.9 Å². The molecule has 2 aromatic rings. The van der Waals surface area contributed by atoms with E-state index in [1.807, 2.05) is 30.6 Å². The molecule has 4 heterocycles. The molecule has 8 nitrogen and oxygen atoms in total. The lowest BCUT2D eigenvalue weighted by atomic mass is 9.78. The molecule has 4 rings (SSSR count). The molecule has 8 heteroatoms. The molecule has 2 aliphatic heterocycles. The van der Waals surface area contributed by atoms with Gasteiger partial charge in [-0.05, 0) is 33.1 Å². The molecule has 2 amide bonds. The predicted molar refractivity (Wildman–Crippen MR) is 106 cm³/mol. The topological polar surface area (TPSA) is 95.3 Å². The summed E-state index contributed by atoms with van der Waals surface area (Å²) in [5, 5.41) is 3.97. The van der Waals surface area contributed by atoms with Gasteiger partial charge in [0.15, 0.2) is 0 Å². The molecule has 1 saturated heterocycles. The second-order valence-corrected chi connectivity index (χ2v) is 8.09. The highest BCUT2D eigenvalue weighted by Crippen LogP contribution is 2.42. The summed E-state index contributed by atoms with van der Waals surface area (Å²) in [5.74, 6) is 1.10.